The smallest absolute Gasteiger partial charge is 0.211 e. The van der Waals surface area contributed by atoms with E-state index in [9.17, 15) is 18.1 Å². The molecule has 3 aromatic heterocycles. The fourth-order valence-electron chi connectivity index (χ4n) is 5.62. The molecule has 2 aliphatic heterocycles. The van der Waals surface area contributed by atoms with Crippen LogP contribution in [0.4, 0.5) is 20.9 Å². The predicted molar refractivity (Wildman–Crippen MR) is 151 cm³/mol. The van der Waals surface area contributed by atoms with Crippen LogP contribution in [0.5, 0.6) is 0 Å². The molecule has 1 aromatic carbocycles. The number of hydrogen-bond donors (Lipinski definition) is 0. The van der Waals surface area contributed by atoms with Gasteiger partial charge >= 0.3 is 0 Å². The number of fused-ring (bicyclic) bond motifs is 1. The number of nitriles is 1. The van der Waals surface area contributed by atoms with E-state index in [1.807, 2.05) is 23.4 Å². The Kier molecular flexibility index (Phi) is 5.94. The molecule has 39 heavy (non-hydrogen) atoms. The Balaban J connectivity index is 1.34. The van der Waals surface area contributed by atoms with Crippen molar-refractivity contribution in [2.45, 2.75) is 20.3 Å². The molecule has 0 unspecified atom stereocenters. The van der Waals surface area contributed by atoms with Gasteiger partial charge in [0.25, 0.3) is 0 Å². The second-order valence-corrected chi connectivity index (χ2v) is 13.5. The summed E-state index contributed by atoms with van der Waals surface area (Å²) in [6, 6.07) is 12.5. The summed E-state index contributed by atoms with van der Waals surface area (Å²) in [6.07, 6.45) is 1.98. The summed E-state index contributed by atoms with van der Waals surface area (Å²) in [7, 11) is -1.21. The molecule has 2 fully saturated rings. The number of nitrogens with zero attached hydrogens (tertiary/aromatic N) is 7. The van der Waals surface area contributed by atoms with E-state index < -0.39 is 10.0 Å². The molecule has 1 spiro atoms. The molecule has 0 amide bonds. The normalized spacial score (nSPS) is 16.8. The highest BCUT2D eigenvalue weighted by Gasteiger charge is 2.54. The lowest BCUT2D eigenvalue weighted by Crippen LogP contribution is -2.72. The monoisotopic (exact) mass is 565 g/mol. The van der Waals surface area contributed by atoms with E-state index in [0.29, 0.717) is 40.8 Å². The number of aryl methyl sites for hydroxylation is 2. The number of pyridine rings is 1. The molecule has 0 N–H and O–H groups in total. The maximum absolute atomic E-state index is 13.5. The van der Waals surface area contributed by atoms with Crippen molar-refractivity contribution in [2.75, 3.05) is 49.3 Å². The fraction of sp³-hybridized carbons (Fsp3) is 0.370. The van der Waals surface area contributed by atoms with Crippen molar-refractivity contribution in [1.29, 1.82) is 5.26 Å². The molecule has 5 heterocycles. The molecule has 202 valence electrons. The Bertz CT molecular complexity index is 1740. The average molecular weight is 566 g/mol. The van der Waals surface area contributed by atoms with E-state index in [1.54, 1.807) is 16.4 Å². The summed E-state index contributed by atoms with van der Waals surface area (Å²) in [5.74, 6) is -0.340. The van der Waals surface area contributed by atoms with Crippen LogP contribution in [0.15, 0.2) is 36.4 Å². The van der Waals surface area contributed by atoms with Crippen molar-refractivity contribution in [3.8, 4) is 17.3 Å². The molecule has 0 atom stereocenters. The van der Waals surface area contributed by atoms with E-state index >= 15 is 0 Å². The number of benzene rings is 1. The van der Waals surface area contributed by atoms with Crippen LogP contribution in [0.3, 0.4) is 0 Å². The molecule has 0 bridgehead atoms. The van der Waals surface area contributed by atoms with Gasteiger partial charge in [-0.15, -0.1) is 0 Å². The van der Waals surface area contributed by atoms with E-state index in [1.165, 1.54) is 29.7 Å². The number of sulfonamides is 1. The van der Waals surface area contributed by atoms with Gasteiger partial charge in [0.1, 0.15) is 22.5 Å². The van der Waals surface area contributed by atoms with E-state index in [0.717, 1.165) is 41.4 Å². The third-order valence-corrected chi connectivity index (χ3v) is 9.88. The minimum Gasteiger partial charge on any atom is -0.370 e. The quantitative estimate of drug-likeness (QED) is 0.346. The largest absolute Gasteiger partial charge is 0.370 e. The van der Waals surface area contributed by atoms with Crippen LogP contribution in [-0.2, 0) is 16.4 Å². The summed E-state index contributed by atoms with van der Waals surface area (Å²) in [6.45, 7) is 6.87. The van der Waals surface area contributed by atoms with Gasteiger partial charge in [-0.25, -0.2) is 26.6 Å². The predicted octanol–water partition coefficient (Wildman–Crippen LogP) is 4.19. The molecular formula is C27H28FN7O2S2. The van der Waals surface area contributed by atoms with Gasteiger partial charge in [-0.2, -0.15) is 10.4 Å². The van der Waals surface area contributed by atoms with Crippen molar-refractivity contribution in [3.63, 3.8) is 0 Å². The fourth-order valence-corrected chi connectivity index (χ4v) is 7.49. The Morgan fingerprint density at radius 3 is 2.49 bits per heavy atom. The summed E-state index contributed by atoms with van der Waals surface area (Å²) in [4.78, 5) is 9.52. The highest BCUT2D eigenvalue weighted by molar-refractivity contribution is 7.88. The highest BCUT2D eigenvalue weighted by Crippen LogP contribution is 2.44. The van der Waals surface area contributed by atoms with E-state index in [2.05, 4.69) is 30.0 Å². The SMILES string of the molecule is CCc1nn2c(C)cc(N3CC4(C3)CN(S(C)(=O)=O)C4)cc2c1N(C)c1nc(-c2ccc(F)cc2)c(C#N)s1. The van der Waals surface area contributed by atoms with Crippen LogP contribution < -0.4 is 9.80 Å². The number of thiazole rings is 1. The first kappa shape index (κ1) is 25.7. The highest BCUT2D eigenvalue weighted by atomic mass is 32.2. The van der Waals surface area contributed by atoms with E-state index in [4.69, 9.17) is 10.1 Å². The van der Waals surface area contributed by atoms with Gasteiger partial charge in [0, 0.05) is 55.6 Å². The molecule has 4 aromatic rings. The summed E-state index contributed by atoms with van der Waals surface area (Å²) < 4.78 is 40.6. The lowest BCUT2D eigenvalue weighted by atomic mass is 9.74. The zero-order valence-corrected chi connectivity index (χ0v) is 23.8. The summed E-state index contributed by atoms with van der Waals surface area (Å²) >= 11 is 1.29. The van der Waals surface area contributed by atoms with Gasteiger partial charge in [0.15, 0.2) is 5.13 Å². The Morgan fingerprint density at radius 1 is 1.18 bits per heavy atom. The second-order valence-electron chi connectivity index (χ2n) is 10.5. The van der Waals surface area contributed by atoms with Crippen molar-refractivity contribution in [1.82, 2.24) is 18.9 Å². The molecule has 0 saturated carbocycles. The minimum absolute atomic E-state index is 0.0306. The standard InChI is InChI=1S/C27H28FN7O2S2/c1-5-21-25(32(3)26-30-24(23(12-29)38-26)18-6-8-19(28)9-7-18)22-11-20(10-17(2)35(22)31-21)33-13-27(14-33)15-34(16-27)39(4,36)37/h6-11H,5,13-16H2,1-4H3. The number of rotatable bonds is 6. The molecule has 0 aliphatic carbocycles. The first-order valence-corrected chi connectivity index (χ1v) is 15.3. The third kappa shape index (κ3) is 4.25. The summed E-state index contributed by atoms with van der Waals surface area (Å²) in [5.41, 5.74) is 6.10. The van der Waals surface area contributed by atoms with Gasteiger partial charge in [-0.05, 0) is 49.7 Å². The van der Waals surface area contributed by atoms with Crippen LogP contribution in [0.2, 0.25) is 0 Å². The topological polar surface area (TPSA) is 97.8 Å². The Labute approximate surface area is 230 Å². The second kappa shape index (κ2) is 9.01. The Hall–Kier alpha value is -3.53. The van der Waals surface area contributed by atoms with Crippen molar-refractivity contribution in [3.05, 3.63) is 58.5 Å². The zero-order valence-electron chi connectivity index (χ0n) is 22.1. The molecule has 6 rings (SSSR count). The Morgan fingerprint density at radius 2 is 1.87 bits per heavy atom. The number of halogens is 1. The maximum atomic E-state index is 13.5. The minimum atomic E-state index is -3.14. The van der Waals surface area contributed by atoms with Gasteiger partial charge < -0.3 is 9.80 Å². The molecule has 0 radical (unpaired) electrons. The van der Waals surface area contributed by atoms with Crippen molar-refractivity contribution >= 4 is 43.4 Å². The lowest BCUT2D eigenvalue weighted by Gasteiger charge is -2.60. The van der Waals surface area contributed by atoms with Gasteiger partial charge in [-0.1, -0.05) is 18.3 Å². The lowest BCUT2D eigenvalue weighted by molar-refractivity contribution is 0.0400. The number of anilines is 3. The molecule has 9 nitrogen and oxygen atoms in total. The summed E-state index contributed by atoms with van der Waals surface area (Å²) in [5, 5.41) is 15.3. The van der Waals surface area contributed by atoms with Gasteiger partial charge in [-0.3, -0.25) is 0 Å². The first-order valence-electron chi connectivity index (χ1n) is 12.6. The third-order valence-electron chi connectivity index (χ3n) is 7.64. The van der Waals surface area contributed by atoms with Crippen molar-refractivity contribution < 1.29 is 12.8 Å². The van der Waals surface area contributed by atoms with E-state index in [-0.39, 0.29) is 11.2 Å². The average Bonchev–Trinajstić information content (AvgIpc) is 3.43. The number of aromatic nitrogens is 3. The van der Waals surface area contributed by atoms with Crippen molar-refractivity contribution in [2.24, 2.45) is 5.41 Å². The van der Waals surface area contributed by atoms with Crippen LogP contribution in [0.25, 0.3) is 16.8 Å². The van der Waals surface area contributed by atoms with Gasteiger partial charge in [0.2, 0.25) is 10.0 Å². The van der Waals surface area contributed by atoms with Crippen LogP contribution in [-0.4, -0.2) is 66.8 Å². The van der Waals surface area contributed by atoms with Crippen LogP contribution >= 0.6 is 11.3 Å². The zero-order chi connectivity index (χ0) is 27.7. The number of hydrogen-bond acceptors (Lipinski definition) is 8. The molecular weight excluding hydrogens is 537 g/mol. The van der Waals surface area contributed by atoms with Gasteiger partial charge in [0.05, 0.1) is 23.2 Å². The first-order chi connectivity index (χ1) is 18.5. The molecule has 2 saturated heterocycles. The molecule has 12 heteroatoms. The van der Waals surface area contributed by atoms with Crippen LogP contribution in [0.1, 0.15) is 23.2 Å². The van der Waals surface area contributed by atoms with Crippen LogP contribution in [0, 0.1) is 29.5 Å². The maximum Gasteiger partial charge on any atom is 0.211 e. The molecule has 2 aliphatic rings.